The van der Waals surface area contributed by atoms with Crippen LogP contribution in [-0.4, -0.2) is 10.1 Å². The highest BCUT2D eigenvalue weighted by Gasteiger charge is 2.08. The molecule has 0 aliphatic carbocycles. The third-order valence-corrected chi connectivity index (χ3v) is 2.29. The maximum atomic E-state index is 9.57. The fraction of sp³-hybridized carbons (Fsp3) is 0.308. The van der Waals surface area contributed by atoms with E-state index in [2.05, 4.69) is 4.98 Å². The number of aromatic nitrogens is 1. The number of hydrogen-bond acceptors (Lipinski definition) is 3. The summed E-state index contributed by atoms with van der Waals surface area (Å²) in [7, 11) is 0. The molecule has 1 aromatic heterocycles. The van der Waals surface area contributed by atoms with E-state index in [4.69, 9.17) is 5.73 Å². The Bertz CT molecular complexity index is 461. The molecule has 0 saturated heterocycles. The van der Waals surface area contributed by atoms with Gasteiger partial charge in [-0.25, -0.2) is 0 Å². The van der Waals surface area contributed by atoms with Crippen molar-refractivity contribution in [1.29, 1.82) is 0 Å². The first kappa shape index (κ1) is 12.5. The van der Waals surface area contributed by atoms with Crippen LogP contribution in [0.2, 0.25) is 0 Å². The predicted molar refractivity (Wildman–Crippen MR) is 68.1 cm³/mol. The fourth-order valence-corrected chi connectivity index (χ4v) is 1.64. The first-order chi connectivity index (χ1) is 7.70. The first-order valence-corrected chi connectivity index (χ1v) is 5.50. The van der Waals surface area contributed by atoms with Crippen LogP contribution in [-0.2, 0) is 0 Å². The van der Waals surface area contributed by atoms with E-state index in [1.807, 2.05) is 32.0 Å². The molecule has 0 fully saturated rings. The summed E-state index contributed by atoms with van der Waals surface area (Å²) >= 11 is 0. The Morgan fingerprint density at radius 1 is 1.25 bits per heavy atom. The van der Waals surface area contributed by atoms with Crippen molar-refractivity contribution < 1.29 is 5.11 Å². The van der Waals surface area contributed by atoms with Gasteiger partial charge in [-0.1, -0.05) is 32.0 Å². The number of rotatable bonds is 1. The molecule has 0 radical (unpaired) electrons. The van der Waals surface area contributed by atoms with Gasteiger partial charge >= 0.3 is 0 Å². The van der Waals surface area contributed by atoms with E-state index in [0.717, 1.165) is 16.3 Å². The zero-order valence-corrected chi connectivity index (χ0v) is 9.94. The summed E-state index contributed by atoms with van der Waals surface area (Å²) in [6.45, 7) is 5.73. The van der Waals surface area contributed by atoms with E-state index < -0.39 is 6.10 Å². The molecule has 0 saturated carbocycles. The highest BCUT2D eigenvalue weighted by molar-refractivity contribution is 5.94. The third-order valence-electron chi connectivity index (χ3n) is 2.29. The summed E-state index contributed by atoms with van der Waals surface area (Å²) in [6, 6.07) is 5.71. The molecule has 1 aromatic carbocycles. The summed E-state index contributed by atoms with van der Waals surface area (Å²) in [5, 5.41) is 11.4. The minimum absolute atomic E-state index is 0.511. The molecule has 2 aromatic rings. The lowest BCUT2D eigenvalue weighted by Gasteiger charge is -2.10. The molecule has 1 heterocycles. The Kier molecular flexibility index (Phi) is 4.26. The Labute approximate surface area is 95.9 Å². The second kappa shape index (κ2) is 5.47. The van der Waals surface area contributed by atoms with Crippen molar-refractivity contribution in [3.8, 4) is 0 Å². The van der Waals surface area contributed by atoms with Crippen LogP contribution in [0, 0.1) is 0 Å². The smallest absolute Gasteiger partial charge is 0.0768 e. The second-order valence-corrected chi connectivity index (χ2v) is 3.35. The minimum atomic E-state index is -0.511. The van der Waals surface area contributed by atoms with Crippen molar-refractivity contribution in [1.82, 2.24) is 4.98 Å². The SMILES string of the molecule is CC.CC(O)c1cccc2cncc(N)c12. The highest BCUT2D eigenvalue weighted by atomic mass is 16.3. The number of anilines is 1. The third kappa shape index (κ3) is 2.31. The molecule has 0 aliphatic rings. The van der Waals surface area contributed by atoms with Gasteiger partial charge < -0.3 is 10.8 Å². The van der Waals surface area contributed by atoms with Crippen LogP contribution in [0.15, 0.2) is 30.6 Å². The van der Waals surface area contributed by atoms with Crippen LogP contribution in [0.25, 0.3) is 10.8 Å². The standard InChI is InChI=1S/C11H12N2O.C2H6/c1-7(14)9-4-2-3-8-5-13-6-10(12)11(8)9;1-2/h2-7,14H,12H2,1H3;1-2H3. The summed E-state index contributed by atoms with van der Waals surface area (Å²) in [6.07, 6.45) is 2.84. The molecule has 0 aliphatic heterocycles. The molecule has 16 heavy (non-hydrogen) atoms. The molecule has 86 valence electrons. The first-order valence-electron chi connectivity index (χ1n) is 5.50. The van der Waals surface area contributed by atoms with Gasteiger partial charge in [0.2, 0.25) is 0 Å². The number of aliphatic hydroxyl groups is 1. The zero-order chi connectivity index (χ0) is 12.1. The van der Waals surface area contributed by atoms with Crippen LogP contribution < -0.4 is 5.73 Å². The molecule has 3 nitrogen and oxygen atoms in total. The van der Waals surface area contributed by atoms with Crippen LogP contribution in [0.4, 0.5) is 5.69 Å². The van der Waals surface area contributed by atoms with Gasteiger partial charge in [-0.05, 0) is 12.5 Å². The number of benzene rings is 1. The van der Waals surface area contributed by atoms with Gasteiger partial charge in [0.15, 0.2) is 0 Å². The Morgan fingerprint density at radius 2 is 1.94 bits per heavy atom. The van der Waals surface area contributed by atoms with Crippen molar-refractivity contribution in [3.05, 3.63) is 36.2 Å². The van der Waals surface area contributed by atoms with E-state index in [1.165, 1.54) is 0 Å². The van der Waals surface area contributed by atoms with Crippen LogP contribution in [0.1, 0.15) is 32.4 Å². The van der Waals surface area contributed by atoms with Crippen molar-refractivity contribution in [2.75, 3.05) is 5.73 Å². The summed E-state index contributed by atoms with van der Waals surface area (Å²) in [5.41, 5.74) is 7.28. The Morgan fingerprint density at radius 3 is 2.56 bits per heavy atom. The van der Waals surface area contributed by atoms with Gasteiger partial charge in [0, 0.05) is 17.0 Å². The van der Waals surface area contributed by atoms with Gasteiger partial charge in [-0.3, -0.25) is 4.98 Å². The summed E-state index contributed by atoms with van der Waals surface area (Å²) < 4.78 is 0. The topological polar surface area (TPSA) is 59.1 Å². The van der Waals surface area contributed by atoms with E-state index in [9.17, 15) is 5.11 Å². The van der Waals surface area contributed by atoms with Crippen LogP contribution in [0.3, 0.4) is 0 Å². The zero-order valence-electron chi connectivity index (χ0n) is 9.94. The van der Waals surface area contributed by atoms with Gasteiger partial charge in [0.05, 0.1) is 18.0 Å². The number of aliphatic hydroxyl groups excluding tert-OH is 1. The van der Waals surface area contributed by atoms with Crippen molar-refractivity contribution in [3.63, 3.8) is 0 Å². The summed E-state index contributed by atoms with van der Waals surface area (Å²) in [5.74, 6) is 0. The molecule has 0 amide bonds. The Balaban J connectivity index is 0.000000606. The van der Waals surface area contributed by atoms with E-state index in [1.54, 1.807) is 19.3 Å². The quantitative estimate of drug-likeness (QED) is 0.773. The van der Waals surface area contributed by atoms with Crippen molar-refractivity contribution in [2.24, 2.45) is 0 Å². The average Bonchev–Trinajstić information content (AvgIpc) is 2.31. The maximum Gasteiger partial charge on any atom is 0.0768 e. The number of hydrogen-bond donors (Lipinski definition) is 2. The molecular weight excluding hydrogens is 200 g/mol. The van der Waals surface area contributed by atoms with Crippen LogP contribution in [0.5, 0.6) is 0 Å². The highest BCUT2D eigenvalue weighted by Crippen LogP contribution is 2.27. The van der Waals surface area contributed by atoms with Crippen LogP contribution >= 0.6 is 0 Å². The monoisotopic (exact) mass is 218 g/mol. The van der Waals surface area contributed by atoms with Gasteiger partial charge in [-0.2, -0.15) is 0 Å². The molecule has 3 heteroatoms. The molecule has 0 bridgehead atoms. The normalized spacial score (nSPS) is 11.8. The van der Waals surface area contributed by atoms with E-state index >= 15 is 0 Å². The van der Waals surface area contributed by atoms with Crippen molar-refractivity contribution >= 4 is 16.5 Å². The molecule has 1 unspecified atom stereocenters. The lowest BCUT2D eigenvalue weighted by atomic mass is 10.0. The number of pyridine rings is 1. The lowest BCUT2D eigenvalue weighted by molar-refractivity contribution is 0.201. The number of fused-ring (bicyclic) bond motifs is 1. The van der Waals surface area contributed by atoms with Crippen molar-refractivity contribution in [2.45, 2.75) is 26.9 Å². The van der Waals surface area contributed by atoms with Gasteiger partial charge in [0.1, 0.15) is 0 Å². The molecular formula is C13H18N2O. The number of nitrogen functional groups attached to an aromatic ring is 1. The summed E-state index contributed by atoms with van der Waals surface area (Å²) in [4.78, 5) is 4.01. The Hall–Kier alpha value is -1.61. The van der Waals surface area contributed by atoms with E-state index in [0.29, 0.717) is 5.69 Å². The molecule has 2 rings (SSSR count). The maximum absolute atomic E-state index is 9.57. The fourth-order valence-electron chi connectivity index (χ4n) is 1.64. The minimum Gasteiger partial charge on any atom is -0.397 e. The van der Waals surface area contributed by atoms with E-state index in [-0.39, 0.29) is 0 Å². The number of nitrogens with zero attached hydrogens (tertiary/aromatic N) is 1. The average molecular weight is 218 g/mol. The molecule has 1 atom stereocenters. The largest absolute Gasteiger partial charge is 0.397 e. The second-order valence-electron chi connectivity index (χ2n) is 3.35. The van der Waals surface area contributed by atoms with Gasteiger partial charge in [0.25, 0.3) is 0 Å². The molecule has 0 spiro atoms. The molecule has 3 N–H and O–H groups in total. The number of nitrogens with two attached hydrogens (primary N) is 1. The lowest BCUT2D eigenvalue weighted by Crippen LogP contribution is -1.96. The van der Waals surface area contributed by atoms with Gasteiger partial charge in [-0.15, -0.1) is 0 Å². The predicted octanol–water partition coefficient (Wildman–Crippen LogP) is 2.90.